The molecule has 0 saturated carbocycles. The zero-order valence-corrected chi connectivity index (χ0v) is 21.3. The lowest BCUT2D eigenvalue weighted by Crippen LogP contribution is -2.44. The third kappa shape index (κ3) is 5.06. The predicted octanol–water partition coefficient (Wildman–Crippen LogP) is 1.08. The first-order valence-electron chi connectivity index (χ1n) is 12.3. The molecule has 37 heavy (non-hydrogen) atoms. The number of hydrogen-bond donors (Lipinski definition) is 2. The number of nitrogens with one attached hydrogen (secondary N) is 1. The summed E-state index contributed by atoms with van der Waals surface area (Å²) in [6, 6.07) is 6.50. The molecule has 1 amide bonds. The number of fused-ring (bicyclic) bond motifs is 1. The summed E-state index contributed by atoms with van der Waals surface area (Å²) >= 11 is 0. The van der Waals surface area contributed by atoms with Crippen LogP contribution in [0, 0.1) is 11.8 Å². The second kappa shape index (κ2) is 10.8. The lowest BCUT2D eigenvalue weighted by atomic mass is 10.1. The first-order chi connectivity index (χ1) is 17.8. The molecule has 194 valence electrons. The van der Waals surface area contributed by atoms with Gasteiger partial charge in [0.15, 0.2) is 16.9 Å². The van der Waals surface area contributed by atoms with Crippen molar-refractivity contribution in [2.75, 3.05) is 23.3 Å². The van der Waals surface area contributed by atoms with Gasteiger partial charge < -0.3 is 16.0 Å². The Morgan fingerprint density at radius 1 is 1.22 bits per heavy atom. The molecule has 0 bridgehead atoms. The van der Waals surface area contributed by atoms with E-state index in [9.17, 15) is 19.2 Å². The number of imidazole rings is 1. The molecule has 0 aliphatic carbocycles. The third-order valence-electron chi connectivity index (χ3n) is 6.49. The summed E-state index contributed by atoms with van der Waals surface area (Å²) in [6.45, 7) is 4.41. The van der Waals surface area contributed by atoms with Gasteiger partial charge in [0, 0.05) is 38.2 Å². The molecule has 1 unspecified atom stereocenters. The van der Waals surface area contributed by atoms with Gasteiger partial charge in [-0.2, -0.15) is 4.98 Å². The number of nitrogens with two attached hydrogens (primary N) is 1. The van der Waals surface area contributed by atoms with Crippen LogP contribution in [0.15, 0.2) is 33.9 Å². The van der Waals surface area contributed by atoms with Crippen molar-refractivity contribution in [2.24, 2.45) is 12.8 Å². The van der Waals surface area contributed by atoms with Crippen molar-refractivity contribution in [2.45, 2.75) is 52.2 Å². The first kappa shape index (κ1) is 25.9. The molecule has 11 nitrogen and oxygen atoms in total. The lowest BCUT2D eigenvalue weighted by molar-refractivity contribution is -0.115. The highest BCUT2D eigenvalue weighted by atomic mass is 16.2. The van der Waals surface area contributed by atoms with Gasteiger partial charge in [0.2, 0.25) is 11.9 Å². The average Bonchev–Trinajstić information content (AvgIpc) is 3.28. The SMILES string of the molecule is CC#CCn1c(N2CCCC(N)C2)nc2c1c(=O)n(CC(=O)c1ccccc1NC(=O)CC)c(=O)n2C. The number of ketones is 1. The number of amides is 1. The van der Waals surface area contributed by atoms with Gasteiger partial charge in [-0.3, -0.25) is 28.1 Å². The summed E-state index contributed by atoms with van der Waals surface area (Å²) in [5.41, 5.74) is 5.86. The van der Waals surface area contributed by atoms with E-state index >= 15 is 0 Å². The summed E-state index contributed by atoms with van der Waals surface area (Å²) in [5, 5.41) is 2.70. The molecule has 1 fully saturated rings. The van der Waals surface area contributed by atoms with Crippen molar-refractivity contribution in [3.05, 3.63) is 50.7 Å². The minimum atomic E-state index is -0.658. The topological polar surface area (TPSA) is 137 Å². The maximum Gasteiger partial charge on any atom is 0.332 e. The van der Waals surface area contributed by atoms with Crippen LogP contribution in [0.2, 0.25) is 0 Å². The van der Waals surface area contributed by atoms with Gasteiger partial charge in [-0.15, -0.1) is 5.92 Å². The molecule has 0 spiro atoms. The van der Waals surface area contributed by atoms with Crippen LogP contribution < -0.4 is 27.2 Å². The van der Waals surface area contributed by atoms with Crippen molar-refractivity contribution in [3.63, 3.8) is 0 Å². The highest BCUT2D eigenvalue weighted by Crippen LogP contribution is 2.23. The second-order valence-electron chi connectivity index (χ2n) is 9.05. The summed E-state index contributed by atoms with van der Waals surface area (Å²) in [5.74, 6) is 5.62. The van der Waals surface area contributed by atoms with E-state index in [0.717, 1.165) is 24.0 Å². The molecule has 4 rings (SSSR count). The summed E-state index contributed by atoms with van der Waals surface area (Å²) in [6.07, 6.45) is 2.03. The van der Waals surface area contributed by atoms with Crippen LogP contribution in [0.3, 0.4) is 0 Å². The summed E-state index contributed by atoms with van der Waals surface area (Å²) in [7, 11) is 1.52. The Hall–Kier alpha value is -4.17. The molecular weight excluding hydrogens is 474 g/mol. The summed E-state index contributed by atoms with van der Waals surface area (Å²) < 4.78 is 3.88. The Balaban J connectivity index is 1.83. The van der Waals surface area contributed by atoms with Crippen LogP contribution in [-0.4, -0.2) is 49.5 Å². The number of carbonyl (C=O) groups is 2. The van der Waals surface area contributed by atoms with Gasteiger partial charge in [0.05, 0.1) is 18.8 Å². The molecule has 2 aromatic heterocycles. The number of piperidine rings is 1. The smallest absolute Gasteiger partial charge is 0.332 e. The minimum absolute atomic E-state index is 0.0226. The Kier molecular flexibility index (Phi) is 7.59. The molecule has 3 aromatic rings. The van der Waals surface area contributed by atoms with E-state index in [1.165, 1.54) is 11.6 Å². The van der Waals surface area contributed by atoms with Crippen molar-refractivity contribution in [1.29, 1.82) is 0 Å². The van der Waals surface area contributed by atoms with Gasteiger partial charge in [-0.1, -0.05) is 25.0 Å². The molecule has 3 N–H and O–H groups in total. The number of rotatable bonds is 7. The van der Waals surface area contributed by atoms with E-state index in [1.54, 1.807) is 42.7 Å². The fourth-order valence-electron chi connectivity index (χ4n) is 4.54. The molecule has 3 heterocycles. The molecule has 1 aromatic carbocycles. The minimum Gasteiger partial charge on any atom is -0.341 e. The van der Waals surface area contributed by atoms with Gasteiger partial charge >= 0.3 is 5.69 Å². The van der Waals surface area contributed by atoms with E-state index in [1.807, 2.05) is 4.90 Å². The second-order valence-corrected chi connectivity index (χ2v) is 9.05. The van der Waals surface area contributed by atoms with Crippen molar-refractivity contribution in [3.8, 4) is 11.8 Å². The lowest BCUT2D eigenvalue weighted by Gasteiger charge is -2.31. The van der Waals surface area contributed by atoms with Gasteiger partial charge in [-0.25, -0.2) is 4.79 Å². The molecule has 0 radical (unpaired) electrons. The van der Waals surface area contributed by atoms with Crippen LogP contribution >= 0.6 is 0 Å². The Morgan fingerprint density at radius 2 is 1.97 bits per heavy atom. The van der Waals surface area contributed by atoms with E-state index in [-0.39, 0.29) is 41.6 Å². The van der Waals surface area contributed by atoms with Crippen molar-refractivity contribution >= 4 is 34.5 Å². The van der Waals surface area contributed by atoms with E-state index in [0.29, 0.717) is 18.2 Å². The normalized spacial score (nSPS) is 15.4. The number of hydrogen-bond acceptors (Lipinski definition) is 7. The van der Waals surface area contributed by atoms with Crippen LogP contribution in [0.25, 0.3) is 11.2 Å². The van der Waals surface area contributed by atoms with Gasteiger partial charge in [0.1, 0.15) is 0 Å². The summed E-state index contributed by atoms with van der Waals surface area (Å²) in [4.78, 5) is 58.8. The van der Waals surface area contributed by atoms with Gasteiger partial charge in [0.25, 0.3) is 5.56 Å². The molecule has 1 saturated heterocycles. The zero-order valence-electron chi connectivity index (χ0n) is 21.3. The van der Waals surface area contributed by atoms with Crippen molar-refractivity contribution in [1.82, 2.24) is 18.7 Å². The van der Waals surface area contributed by atoms with E-state index < -0.39 is 23.6 Å². The van der Waals surface area contributed by atoms with E-state index in [2.05, 4.69) is 22.1 Å². The maximum atomic E-state index is 13.7. The number of carbonyl (C=O) groups excluding carboxylic acids is 2. The first-order valence-corrected chi connectivity index (χ1v) is 12.3. The number of Topliss-reactive ketones (excluding diaryl/α,β-unsaturated/α-hetero) is 1. The number of aromatic nitrogens is 4. The zero-order chi connectivity index (χ0) is 26.7. The Labute approximate surface area is 213 Å². The van der Waals surface area contributed by atoms with Crippen molar-refractivity contribution < 1.29 is 9.59 Å². The number of aryl methyl sites for hydroxylation is 1. The highest BCUT2D eigenvalue weighted by molar-refractivity contribution is 6.04. The largest absolute Gasteiger partial charge is 0.341 e. The average molecular weight is 506 g/mol. The Bertz CT molecular complexity index is 1540. The maximum absolute atomic E-state index is 13.7. The van der Waals surface area contributed by atoms with Crippen LogP contribution in [0.1, 0.15) is 43.5 Å². The fourth-order valence-corrected chi connectivity index (χ4v) is 4.54. The van der Waals surface area contributed by atoms with Crippen LogP contribution in [-0.2, 0) is 24.9 Å². The number of anilines is 2. The molecule has 1 aliphatic heterocycles. The number of nitrogens with zero attached hydrogens (tertiary/aromatic N) is 5. The van der Waals surface area contributed by atoms with Gasteiger partial charge in [-0.05, 0) is 31.9 Å². The molecule has 1 aliphatic rings. The standard InChI is InChI=1S/C26H31N7O4/c1-4-6-14-32-22-23(29-25(32)31-13-9-10-17(27)15-31)30(3)26(37)33(24(22)36)16-20(34)18-11-7-8-12-19(18)28-21(35)5-2/h7-8,11-12,17H,5,9-10,13-16,27H2,1-3H3,(H,28,35). The quantitative estimate of drug-likeness (QED) is 0.362. The predicted molar refractivity (Wildman–Crippen MR) is 142 cm³/mol. The molecule has 1 atom stereocenters. The van der Waals surface area contributed by atoms with Crippen LogP contribution in [0.4, 0.5) is 11.6 Å². The third-order valence-corrected chi connectivity index (χ3v) is 6.49. The van der Waals surface area contributed by atoms with E-state index in [4.69, 9.17) is 5.73 Å². The highest BCUT2D eigenvalue weighted by Gasteiger charge is 2.27. The Morgan fingerprint density at radius 3 is 2.68 bits per heavy atom. The number of para-hydroxylation sites is 1. The fraction of sp³-hybridized carbons (Fsp3) is 0.423. The molecule has 11 heteroatoms. The number of benzene rings is 1. The van der Waals surface area contributed by atoms with Crippen LogP contribution in [0.5, 0.6) is 0 Å². The molecular formula is C26H31N7O4. The monoisotopic (exact) mass is 505 g/mol.